The van der Waals surface area contributed by atoms with Crippen LogP contribution in [-0.4, -0.2) is 34.8 Å². The van der Waals surface area contributed by atoms with Crippen LogP contribution < -0.4 is 0 Å². The van der Waals surface area contributed by atoms with Crippen LogP contribution in [0.3, 0.4) is 0 Å². The molecule has 1 atom stereocenters. The second-order valence-corrected chi connectivity index (χ2v) is 6.24. The fourth-order valence-corrected chi connectivity index (χ4v) is 3.07. The largest absolute Gasteiger partial charge is 0.480 e. The number of sulfonamides is 1. The number of carbonyl (C=O) groups is 1. The lowest BCUT2D eigenvalue weighted by Gasteiger charge is -2.24. The zero-order chi connectivity index (χ0) is 16.9. The Morgan fingerprint density at radius 1 is 1.41 bits per heavy atom. The quantitative estimate of drug-likeness (QED) is 0.604. The van der Waals surface area contributed by atoms with Gasteiger partial charge in [0.25, 0.3) is 15.7 Å². The van der Waals surface area contributed by atoms with E-state index in [1.807, 2.05) is 0 Å². The molecule has 1 N–H and O–H groups in total. The van der Waals surface area contributed by atoms with Crippen LogP contribution in [0.4, 0.5) is 5.69 Å². The third kappa shape index (κ3) is 3.82. The first-order valence-electron chi connectivity index (χ1n) is 6.39. The second-order valence-electron chi connectivity index (χ2n) is 4.39. The fraction of sp³-hybridized carbons (Fsp3) is 0.308. The molecule has 0 saturated heterocycles. The standard InChI is InChI=1S/C13H16N2O6S/c1-3-4-9-14(10(2)13(16)17)22(20,21)12-7-5-11(6-8-12)15(18)19/h4-10H,3H2,1-2H3,(H,16,17). The predicted octanol–water partition coefficient (Wildman–Crippen LogP) is 1.98. The third-order valence-corrected chi connectivity index (χ3v) is 4.71. The molecule has 0 aliphatic rings. The van der Waals surface area contributed by atoms with E-state index in [2.05, 4.69) is 0 Å². The van der Waals surface area contributed by atoms with Crippen molar-refractivity contribution in [2.45, 2.75) is 31.2 Å². The van der Waals surface area contributed by atoms with E-state index in [9.17, 15) is 23.3 Å². The Balaban J connectivity index is 3.29. The van der Waals surface area contributed by atoms with Gasteiger partial charge in [0.05, 0.1) is 9.82 Å². The van der Waals surface area contributed by atoms with Crippen LogP contribution in [-0.2, 0) is 14.8 Å². The van der Waals surface area contributed by atoms with Gasteiger partial charge in [0, 0.05) is 18.3 Å². The lowest BCUT2D eigenvalue weighted by atomic mass is 10.3. The van der Waals surface area contributed by atoms with Gasteiger partial charge in [-0.3, -0.25) is 14.4 Å². The molecule has 0 radical (unpaired) electrons. The van der Waals surface area contributed by atoms with E-state index >= 15 is 0 Å². The maximum atomic E-state index is 12.5. The van der Waals surface area contributed by atoms with Crippen LogP contribution in [0.5, 0.6) is 0 Å². The van der Waals surface area contributed by atoms with Gasteiger partial charge in [-0.15, -0.1) is 0 Å². The maximum Gasteiger partial charge on any atom is 0.327 e. The number of carboxylic acids is 1. The van der Waals surface area contributed by atoms with Gasteiger partial charge >= 0.3 is 5.97 Å². The Bertz CT molecular complexity index is 681. The molecule has 0 aliphatic carbocycles. The highest BCUT2D eigenvalue weighted by Crippen LogP contribution is 2.22. The molecule has 8 nitrogen and oxygen atoms in total. The highest BCUT2D eigenvalue weighted by Gasteiger charge is 2.30. The van der Waals surface area contributed by atoms with Gasteiger partial charge in [0.1, 0.15) is 6.04 Å². The molecule has 120 valence electrons. The summed E-state index contributed by atoms with van der Waals surface area (Å²) in [4.78, 5) is 20.8. The number of aliphatic carboxylic acids is 1. The molecule has 0 spiro atoms. The molecule has 22 heavy (non-hydrogen) atoms. The average molecular weight is 328 g/mol. The van der Waals surface area contributed by atoms with E-state index in [-0.39, 0.29) is 10.6 Å². The molecule has 1 aromatic carbocycles. The van der Waals surface area contributed by atoms with Crippen LogP contribution in [0.25, 0.3) is 0 Å². The van der Waals surface area contributed by atoms with Crippen molar-refractivity contribution in [1.29, 1.82) is 0 Å². The first-order valence-corrected chi connectivity index (χ1v) is 7.83. The summed E-state index contributed by atoms with van der Waals surface area (Å²) < 4.78 is 25.7. The minimum Gasteiger partial charge on any atom is -0.480 e. The number of nitro groups is 1. The minimum atomic E-state index is -4.12. The van der Waals surface area contributed by atoms with Crippen LogP contribution in [0, 0.1) is 10.1 Å². The van der Waals surface area contributed by atoms with E-state index in [0.717, 1.165) is 28.6 Å². The maximum absolute atomic E-state index is 12.5. The number of nitrogens with zero attached hydrogens (tertiary/aromatic N) is 2. The summed E-state index contributed by atoms with van der Waals surface area (Å²) in [5.41, 5.74) is -0.249. The first-order chi connectivity index (χ1) is 10.2. The highest BCUT2D eigenvalue weighted by atomic mass is 32.2. The molecular weight excluding hydrogens is 312 g/mol. The van der Waals surface area contributed by atoms with Crippen LogP contribution in [0.15, 0.2) is 41.4 Å². The lowest BCUT2D eigenvalue weighted by molar-refractivity contribution is -0.384. The van der Waals surface area contributed by atoms with Crippen molar-refractivity contribution < 1.29 is 23.2 Å². The van der Waals surface area contributed by atoms with E-state index < -0.39 is 27.0 Å². The number of hydrogen-bond donors (Lipinski definition) is 1. The molecule has 1 aromatic rings. The van der Waals surface area contributed by atoms with Gasteiger partial charge in [0.2, 0.25) is 0 Å². The van der Waals surface area contributed by atoms with E-state index in [1.54, 1.807) is 6.92 Å². The average Bonchev–Trinajstić information content (AvgIpc) is 2.47. The van der Waals surface area contributed by atoms with Gasteiger partial charge in [-0.25, -0.2) is 13.2 Å². The van der Waals surface area contributed by atoms with Crippen molar-refractivity contribution in [1.82, 2.24) is 4.31 Å². The molecular formula is C13H16N2O6S. The summed E-state index contributed by atoms with van der Waals surface area (Å²) in [6.45, 7) is 3.02. The molecule has 0 fully saturated rings. The minimum absolute atomic E-state index is 0.216. The van der Waals surface area contributed by atoms with Crippen molar-refractivity contribution >= 4 is 21.7 Å². The second kappa shape index (κ2) is 7.03. The normalized spacial score (nSPS) is 13.0. The number of benzene rings is 1. The van der Waals surface area contributed by atoms with Crippen molar-refractivity contribution in [3.05, 3.63) is 46.7 Å². The Hall–Kier alpha value is -2.42. The van der Waals surface area contributed by atoms with Gasteiger partial charge < -0.3 is 5.11 Å². The molecule has 0 aromatic heterocycles. The van der Waals surface area contributed by atoms with Crippen molar-refractivity contribution in [2.75, 3.05) is 0 Å². The first kappa shape index (κ1) is 17.6. The highest BCUT2D eigenvalue weighted by molar-refractivity contribution is 7.89. The summed E-state index contributed by atoms with van der Waals surface area (Å²) in [5.74, 6) is -1.30. The molecule has 0 saturated carbocycles. The van der Waals surface area contributed by atoms with Crippen LogP contribution in [0.1, 0.15) is 20.3 Å². The Morgan fingerprint density at radius 2 is 1.95 bits per heavy atom. The number of rotatable bonds is 7. The molecule has 0 amide bonds. The predicted molar refractivity (Wildman–Crippen MR) is 78.7 cm³/mol. The number of nitro benzene ring substituents is 1. The van der Waals surface area contributed by atoms with Gasteiger partial charge in [-0.2, -0.15) is 0 Å². The molecule has 0 heterocycles. The van der Waals surface area contributed by atoms with Crippen molar-refractivity contribution in [3.8, 4) is 0 Å². The van der Waals surface area contributed by atoms with Crippen molar-refractivity contribution in [2.24, 2.45) is 0 Å². The third-order valence-electron chi connectivity index (χ3n) is 2.85. The fourth-order valence-electron chi connectivity index (χ4n) is 1.60. The summed E-state index contributed by atoms with van der Waals surface area (Å²) in [7, 11) is -4.12. The number of hydrogen-bond acceptors (Lipinski definition) is 5. The smallest absolute Gasteiger partial charge is 0.327 e. The summed E-state index contributed by atoms with van der Waals surface area (Å²) in [5, 5.41) is 19.6. The Kier molecular flexibility index (Phi) is 5.63. The number of allylic oxidation sites excluding steroid dienone is 1. The topological polar surface area (TPSA) is 118 Å². The zero-order valence-electron chi connectivity index (χ0n) is 12.0. The molecule has 0 bridgehead atoms. The van der Waals surface area contributed by atoms with E-state index in [0.29, 0.717) is 6.42 Å². The van der Waals surface area contributed by atoms with Crippen molar-refractivity contribution in [3.63, 3.8) is 0 Å². The summed E-state index contributed by atoms with van der Waals surface area (Å²) >= 11 is 0. The van der Waals surface area contributed by atoms with Gasteiger partial charge in [-0.05, 0) is 25.5 Å². The summed E-state index contributed by atoms with van der Waals surface area (Å²) in [6, 6.07) is 2.96. The SMILES string of the molecule is CCC=CN(C(C)C(=O)O)S(=O)(=O)c1ccc([N+](=O)[O-])cc1. The molecule has 9 heteroatoms. The van der Waals surface area contributed by atoms with Crippen LogP contribution in [0.2, 0.25) is 0 Å². The van der Waals surface area contributed by atoms with Crippen LogP contribution >= 0.6 is 0 Å². The van der Waals surface area contributed by atoms with Gasteiger partial charge in [0.15, 0.2) is 0 Å². The molecule has 1 rings (SSSR count). The summed E-state index contributed by atoms with van der Waals surface area (Å²) in [6.07, 6.45) is 3.23. The molecule has 0 aliphatic heterocycles. The Morgan fingerprint density at radius 3 is 2.36 bits per heavy atom. The number of carboxylic acid groups (broad SMARTS) is 1. The Labute approximate surface area is 127 Å². The van der Waals surface area contributed by atoms with Gasteiger partial charge in [-0.1, -0.05) is 13.0 Å². The van der Waals surface area contributed by atoms with E-state index in [1.165, 1.54) is 19.2 Å². The van der Waals surface area contributed by atoms with E-state index in [4.69, 9.17) is 5.11 Å². The zero-order valence-corrected chi connectivity index (χ0v) is 12.9. The lowest BCUT2D eigenvalue weighted by Crippen LogP contribution is -2.39. The number of non-ortho nitro benzene ring substituents is 1. The monoisotopic (exact) mass is 328 g/mol. The molecule has 1 unspecified atom stereocenters.